The van der Waals surface area contributed by atoms with Gasteiger partial charge in [0.2, 0.25) is 0 Å². The van der Waals surface area contributed by atoms with Crippen molar-refractivity contribution in [2.24, 2.45) is 11.7 Å². The molecule has 0 aliphatic heterocycles. The van der Waals surface area contributed by atoms with Crippen molar-refractivity contribution < 1.29 is 9.47 Å². The van der Waals surface area contributed by atoms with Gasteiger partial charge in [-0.15, -0.1) is 0 Å². The summed E-state index contributed by atoms with van der Waals surface area (Å²) in [4.78, 5) is 0. The van der Waals surface area contributed by atoms with Crippen molar-refractivity contribution in [3.8, 4) is 5.75 Å². The van der Waals surface area contributed by atoms with Gasteiger partial charge in [-0.25, -0.2) is 0 Å². The molecule has 1 aromatic carbocycles. The summed E-state index contributed by atoms with van der Waals surface area (Å²) in [5.74, 6) is 1.19. The Kier molecular flexibility index (Phi) is 7.21. The second-order valence-electron chi connectivity index (χ2n) is 5.07. The Hall–Kier alpha value is -0.770. The molecule has 1 aromatic rings. The topological polar surface area (TPSA) is 44.5 Å². The highest BCUT2D eigenvalue weighted by Crippen LogP contribution is 2.26. The van der Waals surface area contributed by atoms with Crippen molar-refractivity contribution in [3.63, 3.8) is 0 Å². The van der Waals surface area contributed by atoms with Crippen LogP contribution in [0.2, 0.25) is 5.02 Å². The highest BCUT2D eigenvalue weighted by molar-refractivity contribution is 6.32. The minimum atomic E-state index is 0.155. The van der Waals surface area contributed by atoms with Gasteiger partial charge < -0.3 is 15.2 Å². The third-order valence-electron chi connectivity index (χ3n) is 3.07. The molecule has 0 heterocycles. The van der Waals surface area contributed by atoms with E-state index >= 15 is 0 Å². The third-order valence-corrected chi connectivity index (χ3v) is 3.39. The smallest absolute Gasteiger partial charge is 0.138 e. The van der Waals surface area contributed by atoms with Crippen LogP contribution in [0.15, 0.2) is 18.2 Å². The third kappa shape index (κ3) is 5.81. The van der Waals surface area contributed by atoms with Crippen molar-refractivity contribution in [1.82, 2.24) is 0 Å². The van der Waals surface area contributed by atoms with Gasteiger partial charge in [0.15, 0.2) is 0 Å². The fraction of sp³-hybridized carbons (Fsp3) is 0.600. The number of nitrogens with two attached hydrogens (primary N) is 1. The molecule has 1 rings (SSSR count). The molecular formula is C15H24ClNO2. The number of methoxy groups -OCH3 is 1. The van der Waals surface area contributed by atoms with E-state index < -0.39 is 0 Å². The van der Waals surface area contributed by atoms with Gasteiger partial charge in [0, 0.05) is 26.2 Å². The maximum Gasteiger partial charge on any atom is 0.138 e. The fourth-order valence-electron chi connectivity index (χ4n) is 1.68. The average molecular weight is 286 g/mol. The molecule has 0 saturated carbocycles. The van der Waals surface area contributed by atoms with E-state index in [0.29, 0.717) is 24.2 Å². The van der Waals surface area contributed by atoms with E-state index in [1.54, 1.807) is 7.11 Å². The first-order valence-electron chi connectivity index (χ1n) is 6.70. The van der Waals surface area contributed by atoms with Crippen LogP contribution >= 0.6 is 11.6 Å². The van der Waals surface area contributed by atoms with Crippen molar-refractivity contribution in [3.05, 3.63) is 28.8 Å². The minimum absolute atomic E-state index is 0.155. The number of hydrogen-bond donors (Lipinski definition) is 1. The lowest BCUT2D eigenvalue weighted by atomic mass is 9.97. The standard InChI is InChI=1S/C15H24ClNO2/c1-11(2)14(17)9-12-5-6-13(16)15(10-12)19-8-4-7-18-3/h5-6,10-11,14H,4,7-9,17H2,1-3H3/t14-/m1/s1. The summed E-state index contributed by atoms with van der Waals surface area (Å²) in [6.07, 6.45) is 1.69. The van der Waals surface area contributed by atoms with Crippen LogP contribution in [0.5, 0.6) is 5.75 Å². The number of rotatable bonds is 8. The molecular weight excluding hydrogens is 262 g/mol. The molecule has 1 atom stereocenters. The van der Waals surface area contributed by atoms with Gasteiger partial charge in [0.05, 0.1) is 11.6 Å². The number of hydrogen-bond acceptors (Lipinski definition) is 3. The summed E-state index contributed by atoms with van der Waals surface area (Å²) in [5, 5.41) is 0.638. The first-order chi connectivity index (χ1) is 9.04. The van der Waals surface area contributed by atoms with Crippen LogP contribution in [-0.2, 0) is 11.2 Å². The molecule has 108 valence electrons. The van der Waals surface area contributed by atoms with Gasteiger partial charge >= 0.3 is 0 Å². The Morgan fingerprint density at radius 1 is 1.26 bits per heavy atom. The van der Waals surface area contributed by atoms with Gasteiger partial charge in [-0.2, -0.15) is 0 Å². The molecule has 2 N–H and O–H groups in total. The highest BCUT2D eigenvalue weighted by Gasteiger charge is 2.10. The van der Waals surface area contributed by atoms with Gasteiger partial charge in [-0.05, 0) is 30.0 Å². The summed E-state index contributed by atoms with van der Waals surface area (Å²) < 4.78 is 10.7. The second-order valence-corrected chi connectivity index (χ2v) is 5.48. The van der Waals surface area contributed by atoms with E-state index in [-0.39, 0.29) is 6.04 Å². The molecule has 0 radical (unpaired) electrons. The number of benzene rings is 1. The minimum Gasteiger partial charge on any atom is -0.492 e. The largest absolute Gasteiger partial charge is 0.492 e. The molecule has 0 fully saturated rings. The van der Waals surface area contributed by atoms with E-state index in [1.165, 1.54) is 0 Å². The second kappa shape index (κ2) is 8.41. The first-order valence-corrected chi connectivity index (χ1v) is 7.08. The lowest BCUT2D eigenvalue weighted by Gasteiger charge is -2.16. The fourth-order valence-corrected chi connectivity index (χ4v) is 1.85. The van der Waals surface area contributed by atoms with Gasteiger partial charge in [-0.1, -0.05) is 31.5 Å². The zero-order chi connectivity index (χ0) is 14.3. The van der Waals surface area contributed by atoms with Crippen LogP contribution in [-0.4, -0.2) is 26.4 Å². The SMILES string of the molecule is COCCCOc1cc(C[C@@H](N)C(C)C)ccc1Cl. The molecule has 0 aliphatic rings. The molecule has 3 nitrogen and oxygen atoms in total. The van der Waals surface area contributed by atoms with E-state index in [9.17, 15) is 0 Å². The summed E-state index contributed by atoms with van der Waals surface area (Å²) in [6, 6.07) is 6.02. The Labute approximate surface area is 121 Å². The van der Waals surface area contributed by atoms with Crippen molar-refractivity contribution in [1.29, 1.82) is 0 Å². The number of ether oxygens (including phenoxy) is 2. The van der Waals surface area contributed by atoms with Crippen LogP contribution in [0.3, 0.4) is 0 Å². The molecule has 0 amide bonds. The maximum absolute atomic E-state index is 6.12. The molecule has 0 bridgehead atoms. The molecule has 0 unspecified atom stereocenters. The van der Waals surface area contributed by atoms with Crippen LogP contribution in [0.25, 0.3) is 0 Å². The molecule has 0 saturated heterocycles. The Bertz CT molecular complexity index is 382. The van der Waals surface area contributed by atoms with E-state index in [1.807, 2.05) is 18.2 Å². The van der Waals surface area contributed by atoms with E-state index in [0.717, 1.165) is 24.2 Å². The summed E-state index contributed by atoms with van der Waals surface area (Å²) >= 11 is 6.12. The monoisotopic (exact) mass is 285 g/mol. The van der Waals surface area contributed by atoms with Gasteiger partial charge in [0.25, 0.3) is 0 Å². The predicted octanol–water partition coefficient (Wildman–Crippen LogP) is 3.28. The average Bonchev–Trinajstić information content (AvgIpc) is 2.38. The molecule has 0 aromatic heterocycles. The van der Waals surface area contributed by atoms with Crippen LogP contribution in [0, 0.1) is 5.92 Å². The Morgan fingerprint density at radius 3 is 2.63 bits per heavy atom. The van der Waals surface area contributed by atoms with Crippen molar-refractivity contribution in [2.75, 3.05) is 20.3 Å². The van der Waals surface area contributed by atoms with Crippen molar-refractivity contribution in [2.45, 2.75) is 32.7 Å². The summed E-state index contributed by atoms with van der Waals surface area (Å²) in [7, 11) is 1.68. The first kappa shape index (κ1) is 16.3. The zero-order valence-corrected chi connectivity index (χ0v) is 12.7. The maximum atomic E-state index is 6.12. The molecule has 0 spiro atoms. The Morgan fingerprint density at radius 2 is 2.00 bits per heavy atom. The highest BCUT2D eigenvalue weighted by atomic mass is 35.5. The zero-order valence-electron chi connectivity index (χ0n) is 12.0. The van der Waals surface area contributed by atoms with Crippen LogP contribution in [0.4, 0.5) is 0 Å². The molecule has 4 heteroatoms. The predicted molar refractivity (Wildman–Crippen MR) is 80.0 cm³/mol. The lowest BCUT2D eigenvalue weighted by molar-refractivity contribution is 0.172. The van der Waals surface area contributed by atoms with Crippen LogP contribution < -0.4 is 10.5 Å². The van der Waals surface area contributed by atoms with E-state index in [2.05, 4.69) is 13.8 Å². The number of halogens is 1. The van der Waals surface area contributed by atoms with E-state index in [4.69, 9.17) is 26.8 Å². The molecule has 0 aliphatic carbocycles. The van der Waals surface area contributed by atoms with Gasteiger partial charge in [-0.3, -0.25) is 0 Å². The Balaban J connectivity index is 2.60. The van der Waals surface area contributed by atoms with Crippen molar-refractivity contribution >= 4 is 11.6 Å². The van der Waals surface area contributed by atoms with Gasteiger partial charge in [0.1, 0.15) is 5.75 Å². The summed E-state index contributed by atoms with van der Waals surface area (Å²) in [6.45, 7) is 5.55. The lowest BCUT2D eigenvalue weighted by Crippen LogP contribution is -2.28. The quantitative estimate of drug-likeness (QED) is 0.746. The van der Waals surface area contributed by atoms with Crippen LogP contribution in [0.1, 0.15) is 25.8 Å². The molecule has 19 heavy (non-hydrogen) atoms. The summed E-state index contributed by atoms with van der Waals surface area (Å²) in [5.41, 5.74) is 7.25. The normalized spacial score (nSPS) is 12.7.